The molecule has 25 heavy (non-hydrogen) atoms. The van der Waals surface area contributed by atoms with Gasteiger partial charge >= 0.3 is 5.97 Å². The standard InChI is InChI=1S/C19H20N4O2/c1-3-6-18-21-13(2)22-23(18)12-14-9-15(11-20-10-14)16-7-4-5-8-17(16)19(24)25/h4-5,7-11H,3,6,12H2,1-2H3,(H,24,25). The zero-order chi connectivity index (χ0) is 17.8. The fourth-order valence-corrected chi connectivity index (χ4v) is 2.85. The van der Waals surface area contributed by atoms with Crippen molar-refractivity contribution in [3.8, 4) is 11.1 Å². The second kappa shape index (κ2) is 7.25. The lowest BCUT2D eigenvalue weighted by Crippen LogP contribution is -2.07. The highest BCUT2D eigenvalue weighted by Crippen LogP contribution is 2.24. The highest BCUT2D eigenvalue weighted by Gasteiger charge is 2.12. The van der Waals surface area contributed by atoms with Gasteiger partial charge in [0.15, 0.2) is 0 Å². The predicted molar refractivity (Wildman–Crippen MR) is 94.5 cm³/mol. The van der Waals surface area contributed by atoms with Crippen molar-refractivity contribution in [3.63, 3.8) is 0 Å². The first-order valence-corrected chi connectivity index (χ1v) is 8.25. The second-order valence-electron chi connectivity index (χ2n) is 5.92. The smallest absolute Gasteiger partial charge is 0.336 e. The van der Waals surface area contributed by atoms with E-state index in [1.165, 1.54) is 0 Å². The lowest BCUT2D eigenvalue weighted by Gasteiger charge is -2.09. The Balaban J connectivity index is 1.94. The molecule has 1 N–H and O–H groups in total. The van der Waals surface area contributed by atoms with Crippen molar-refractivity contribution in [1.82, 2.24) is 19.7 Å². The Kier molecular flexibility index (Phi) is 4.88. The average Bonchev–Trinajstić information content (AvgIpc) is 2.94. The Bertz CT molecular complexity index is 902. The Morgan fingerprint density at radius 2 is 2.04 bits per heavy atom. The summed E-state index contributed by atoms with van der Waals surface area (Å²) in [5, 5.41) is 13.8. The fraction of sp³-hybridized carbons (Fsp3) is 0.263. The van der Waals surface area contributed by atoms with Crippen LogP contribution in [0.4, 0.5) is 0 Å². The minimum absolute atomic E-state index is 0.268. The van der Waals surface area contributed by atoms with Gasteiger partial charge in [0.05, 0.1) is 12.1 Å². The Morgan fingerprint density at radius 3 is 2.80 bits per heavy atom. The number of rotatable bonds is 6. The second-order valence-corrected chi connectivity index (χ2v) is 5.92. The van der Waals surface area contributed by atoms with E-state index in [0.717, 1.165) is 35.6 Å². The first kappa shape index (κ1) is 16.8. The van der Waals surface area contributed by atoms with Crippen LogP contribution in [0.25, 0.3) is 11.1 Å². The molecule has 0 saturated heterocycles. The molecule has 3 aromatic rings. The SMILES string of the molecule is CCCc1nc(C)nn1Cc1cncc(-c2ccccc2C(=O)O)c1. The first-order valence-electron chi connectivity index (χ1n) is 8.25. The molecule has 1 aromatic carbocycles. The van der Waals surface area contributed by atoms with E-state index in [1.807, 2.05) is 23.7 Å². The van der Waals surface area contributed by atoms with Gasteiger partial charge in [-0.2, -0.15) is 5.10 Å². The monoisotopic (exact) mass is 336 g/mol. The molecule has 0 atom stereocenters. The van der Waals surface area contributed by atoms with E-state index in [0.29, 0.717) is 12.1 Å². The van der Waals surface area contributed by atoms with Gasteiger partial charge in [-0.05, 0) is 36.6 Å². The van der Waals surface area contributed by atoms with Crippen LogP contribution in [0, 0.1) is 6.92 Å². The van der Waals surface area contributed by atoms with Crippen molar-refractivity contribution in [1.29, 1.82) is 0 Å². The summed E-state index contributed by atoms with van der Waals surface area (Å²) in [6.07, 6.45) is 5.34. The number of nitrogens with zero attached hydrogens (tertiary/aromatic N) is 4. The molecule has 2 heterocycles. The summed E-state index contributed by atoms with van der Waals surface area (Å²) in [5.41, 5.74) is 2.67. The van der Waals surface area contributed by atoms with Crippen molar-refractivity contribution in [3.05, 3.63) is 65.5 Å². The highest BCUT2D eigenvalue weighted by atomic mass is 16.4. The maximum absolute atomic E-state index is 11.4. The molecule has 6 nitrogen and oxygen atoms in total. The number of hydrogen-bond acceptors (Lipinski definition) is 4. The molecule has 0 unspecified atom stereocenters. The van der Waals surface area contributed by atoms with Crippen LogP contribution in [0.2, 0.25) is 0 Å². The van der Waals surface area contributed by atoms with Gasteiger partial charge in [0, 0.05) is 24.4 Å². The lowest BCUT2D eigenvalue weighted by atomic mass is 10.00. The molecule has 6 heteroatoms. The number of hydrogen-bond donors (Lipinski definition) is 1. The van der Waals surface area contributed by atoms with Crippen LogP contribution in [0.5, 0.6) is 0 Å². The summed E-state index contributed by atoms with van der Waals surface area (Å²) in [7, 11) is 0. The number of aryl methyl sites for hydroxylation is 2. The van der Waals surface area contributed by atoms with E-state index >= 15 is 0 Å². The van der Waals surface area contributed by atoms with E-state index in [4.69, 9.17) is 0 Å². The van der Waals surface area contributed by atoms with Gasteiger partial charge in [-0.1, -0.05) is 25.1 Å². The largest absolute Gasteiger partial charge is 0.478 e. The normalized spacial score (nSPS) is 10.8. The number of carboxylic acid groups (broad SMARTS) is 1. The summed E-state index contributed by atoms with van der Waals surface area (Å²) in [6.45, 7) is 4.55. The van der Waals surface area contributed by atoms with Gasteiger partial charge in [-0.25, -0.2) is 14.5 Å². The maximum atomic E-state index is 11.4. The van der Waals surface area contributed by atoms with Crippen LogP contribution in [0.15, 0.2) is 42.7 Å². The molecule has 0 aliphatic rings. The van der Waals surface area contributed by atoms with Gasteiger partial charge in [0.1, 0.15) is 11.6 Å². The van der Waals surface area contributed by atoms with E-state index in [-0.39, 0.29) is 5.56 Å². The third kappa shape index (κ3) is 3.74. The lowest BCUT2D eigenvalue weighted by molar-refractivity contribution is 0.0697. The summed E-state index contributed by atoms with van der Waals surface area (Å²) < 4.78 is 1.89. The van der Waals surface area contributed by atoms with E-state index < -0.39 is 5.97 Å². The topological polar surface area (TPSA) is 80.9 Å². The molecular formula is C19H20N4O2. The third-order valence-electron chi connectivity index (χ3n) is 3.92. The predicted octanol–water partition coefficient (Wildman–Crippen LogP) is 3.35. The zero-order valence-electron chi connectivity index (χ0n) is 14.3. The van der Waals surface area contributed by atoms with Crippen LogP contribution in [-0.4, -0.2) is 30.8 Å². The van der Waals surface area contributed by atoms with Crippen molar-refractivity contribution in [2.75, 3.05) is 0 Å². The van der Waals surface area contributed by atoms with Gasteiger partial charge < -0.3 is 5.11 Å². The quantitative estimate of drug-likeness (QED) is 0.746. The Hall–Kier alpha value is -3.02. The number of carboxylic acids is 1. The fourth-order valence-electron chi connectivity index (χ4n) is 2.85. The molecule has 128 valence electrons. The number of aromatic nitrogens is 4. The Morgan fingerprint density at radius 1 is 1.24 bits per heavy atom. The number of benzene rings is 1. The molecular weight excluding hydrogens is 316 g/mol. The van der Waals surface area contributed by atoms with Gasteiger partial charge in [-0.3, -0.25) is 4.98 Å². The molecule has 0 aliphatic heterocycles. The van der Waals surface area contributed by atoms with Crippen LogP contribution >= 0.6 is 0 Å². The maximum Gasteiger partial charge on any atom is 0.336 e. The molecule has 3 rings (SSSR count). The Labute approximate surface area is 146 Å². The summed E-state index contributed by atoms with van der Waals surface area (Å²) >= 11 is 0. The summed E-state index contributed by atoms with van der Waals surface area (Å²) in [4.78, 5) is 20.2. The highest BCUT2D eigenvalue weighted by molar-refractivity contribution is 5.95. The van der Waals surface area contributed by atoms with Gasteiger partial charge in [0.25, 0.3) is 0 Å². The van der Waals surface area contributed by atoms with Crippen molar-refractivity contribution in [2.45, 2.75) is 33.2 Å². The molecule has 2 aromatic heterocycles. The van der Waals surface area contributed by atoms with Crippen molar-refractivity contribution >= 4 is 5.97 Å². The molecule has 0 bridgehead atoms. The first-order chi connectivity index (χ1) is 12.1. The van der Waals surface area contributed by atoms with Crippen molar-refractivity contribution < 1.29 is 9.90 Å². The number of pyridine rings is 1. The van der Waals surface area contributed by atoms with Gasteiger partial charge in [-0.15, -0.1) is 0 Å². The van der Waals surface area contributed by atoms with Crippen LogP contribution in [0.1, 0.15) is 40.9 Å². The number of carbonyl (C=O) groups is 1. The van der Waals surface area contributed by atoms with Gasteiger partial charge in [0.2, 0.25) is 0 Å². The molecule has 0 fully saturated rings. The molecule has 0 amide bonds. The van der Waals surface area contributed by atoms with E-state index in [9.17, 15) is 9.90 Å². The summed E-state index contributed by atoms with van der Waals surface area (Å²) in [6, 6.07) is 8.91. The minimum Gasteiger partial charge on any atom is -0.478 e. The third-order valence-corrected chi connectivity index (χ3v) is 3.92. The van der Waals surface area contributed by atoms with Crippen LogP contribution in [0.3, 0.4) is 0 Å². The van der Waals surface area contributed by atoms with Crippen molar-refractivity contribution in [2.24, 2.45) is 0 Å². The average molecular weight is 336 g/mol. The molecule has 0 spiro atoms. The minimum atomic E-state index is -0.946. The van der Waals surface area contributed by atoms with Crippen LogP contribution < -0.4 is 0 Å². The molecule has 0 radical (unpaired) electrons. The molecule has 0 saturated carbocycles. The number of aromatic carboxylic acids is 1. The van der Waals surface area contributed by atoms with E-state index in [1.54, 1.807) is 30.6 Å². The van der Waals surface area contributed by atoms with E-state index in [2.05, 4.69) is 22.0 Å². The zero-order valence-corrected chi connectivity index (χ0v) is 14.3. The summed E-state index contributed by atoms with van der Waals surface area (Å²) in [5.74, 6) is 0.762. The van der Waals surface area contributed by atoms with Crippen LogP contribution in [-0.2, 0) is 13.0 Å². The molecule has 0 aliphatic carbocycles.